The summed E-state index contributed by atoms with van der Waals surface area (Å²) in [6, 6.07) is 0.379. The van der Waals surface area contributed by atoms with Crippen LogP contribution in [0.3, 0.4) is 0 Å². The van der Waals surface area contributed by atoms with Gasteiger partial charge in [0.2, 0.25) is 0 Å². The first-order valence-electron chi connectivity index (χ1n) is 8.04. The molecule has 2 nitrogen and oxygen atoms in total. The number of rotatable bonds is 5. The normalized spacial score (nSPS) is 26.9. The van der Waals surface area contributed by atoms with E-state index in [2.05, 4.69) is 44.8 Å². The lowest BCUT2D eigenvalue weighted by Crippen LogP contribution is -2.53. The van der Waals surface area contributed by atoms with Gasteiger partial charge in [0.1, 0.15) is 0 Å². The third kappa shape index (κ3) is 7.50. The van der Waals surface area contributed by atoms with Crippen molar-refractivity contribution in [3.63, 3.8) is 0 Å². The number of hydrogen-bond donors (Lipinski definition) is 1. The Morgan fingerprint density at radius 3 is 2.29 bits per heavy atom. The number of alkyl halides is 3. The van der Waals surface area contributed by atoms with Gasteiger partial charge in [0.25, 0.3) is 0 Å². The van der Waals surface area contributed by atoms with Crippen LogP contribution in [-0.4, -0.2) is 42.8 Å². The molecule has 0 spiro atoms. The zero-order valence-corrected chi connectivity index (χ0v) is 14.1. The molecule has 1 saturated heterocycles. The summed E-state index contributed by atoms with van der Waals surface area (Å²) in [4.78, 5) is 2.36. The zero-order chi connectivity index (χ0) is 16.3. The first-order valence-corrected chi connectivity index (χ1v) is 8.04. The summed E-state index contributed by atoms with van der Waals surface area (Å²) in [5.41, 5.74) is 0.220. The Labute approximate surface area is 127 Å². The van der Waals surface area contributed by atoms with Crippen LogP contribution in [0.2, 0.25) is 0 Å². The third-order valence-electron chi connectivity index (χ3n) is 4.27. The number of nitrogens with one attached hydrogen (secondary N) is 1. The second-order valence-electron chi connectivity index (χ2n) is 7.77. The molecule has 0 bridgehead atoms. The molecule has 1 aliphatic heterocycles. The van der Waals surface area contributed by atoms with Crippen molar-refractivity contribution in [3.05, 3.63) is 0 Å². The van der Waals surface area contributed by atoms with Gasteiger partial charge >= 0.3 is 6.18 Å². The van der Waals surface area contributed by atoms with Crippen molar-refractivity contribution >= 4 is 0 Å². The summed E-state index contributed by atoms with van der Waals surface area (Å²) < 4.78 is 37.3. The van der Waals surface area contributed by atoms with Gasteiger partial charge in [-0.05, 0) is 37.5 Å². The standard InChI is InChI=1S/C16H31F3N2/c1-6-12(2)21-9-13(8-15(3,4)5)7-14(10-21)20-11-16(17,18)19/h12-14,20H,6-11H2,1-5H3. The maximum Gasteiger partial charge on any atom is 0.401 e. The highest BCUT2D eigenvalue weighted by molar-refractivity contribution is 4.87. The first kappa shape index (κ1) is 18.8. The molecule has 0 aliphatic carbocycles. The molecule has 21 heavy (non-hydrogen) atoms. The predicted molar refractivity (Wildman–Crippen MR) is 81.4 cm³/mol. The van der Waals surface area contributed by atoms with E-state index >= 15 is 0 Å². The van der Waals surface area contributed by atoms with Crippen LogP contribution in [0, 0.1) is 11.3 Å². The third-order valence-corrected chi connectivity index (χ3v) is 4.27. The van der Waals surface area contributed by atoms with Gasteiger partial charge < -0.3 is 5.32 Å². The van der Waals surface area contributed by atoms with Crippen LogP contribution in [0.1, 0.15) is 53.9 Å². The van der Waals surface area contributed by atoms with Crippen molar-refractivity contribution in [1.29, 1.82) is 0 Å². The zero-order valence-electron chi connectivity index (χ0n) is 14.1. The van der Waals surface area contributed by atoms with E-state index in [1.165, 1.54) is 0 Å². The Bertz CT molecular complexity index is 310. The quantitative estimate of drug-likeness (QED) is 0.824. The van der Waals surface area contributed by atoms with Gasteiger partial charge in [-0.15, -0.1) is 0 Å². The monoisotopic (exact) mass is 308 g/mol. The number of piperidine rings is 1. The van der Waals surface area contributed by atoms with E-state index in [-0.39, 0.29) is 11.5 Å². The van der Waals surface area contributed by atoms with E-state index < -0.39 is 12.7 Å². The molecule has 1 fully saturated rings. The highest BCUT2D eigenvalue weighted by Crippen LogP contribution is 2.31. The average Bonchev–Trinajstić information content (AvgIpc) is 2.32. The summed E-state index contributed by atoms with van der Waals surface area (Å²) in [6.07, 6.45) is -1.18. The lowest BCUT2D eigenvalue weighted by atomic mass is 9.79. The van der Waals surface area contributed by atoms with Crippen molar-refractivity contribution in [2.24, 2.45) is 11.3 Å². The lowest BCUT2D eigenvalue weighted by molar-refractivity contribution is -0.127. The van der Waals surface area contributed by atoms with Crippen molar-refractivity contribution in [3.8, 4) is 0 Å². The molecule has 0 aromatic rings. The summed E-state index contributed by atoms with van der Waals surface area (Å²) in [5, 5.41) is 2.72. The molecular weight excluding hydrogens is 277 g/mol. The van der Waals surface area contributed by atoms with Crippen molar-refractivity contribution in [2.75, 3.05) is 19.6 Å². The first-order chi connectivity index (χ1) is 9.50. The van der Waals surface area contributed by atoms with Crippen molar-refractivity contribution in [2.45, 2.75) is 72.1 Å². The molecule has 126 valence electrons. The van der Waals surface area contributed by atoms with Gasteiger partial charge in [-0.25, -0.2) is 0 Å². The number of likely N-dealkylation sites (tertiary alicyclic amines) is 1. The maximum atomic E-state index is 12.4. The Balaban J connectivity index is 2.65. The Morgan fingerprint density at radius 2 is 1.81 bits per heavy atom. The van der Waals surface area contributed by atoms with Gasteiger partial charge in [-0.3, -0.25) is 4.90 Å². The summed E-state index contributed by atoms with van der Waals surface area (Å²) in [5.74, 6) is 0.471. The van der Waals surface area contributed by atoms with Crippen LogP contribution in [0.25, 0.3) is 0 Å². The Morgan fingerprint density at radius 1 is 1.19 bits per heavy atom. The highest BCUT2D eigenvalue weighted by atomic mass is 19.4. The Kier molecular flexibility index (Phi) is 6.54. The summed E-state index contributed by atoms with van der Waals surface area (Å²) in [6.45, 7) is 11.8. The minimum atomic E-state index is -4.13. The van der Waals surface area contributed by atoms with Gasteiger partial charge in [0.15, 0.2) is 0 Å². The van der Waals surface area contributed by atoms with Crippen LogP contribution in [0.4, 0.5) is 13.2 Å². The molecule has 1 N–H and O–H groups in total. The Hall–Kier alpha value is -0.290. The van der Waals surface area contributed by atoms with E-state index in [1.807, 2.05) is 0 Å². The van der Waals surface area contributed by atoms with E-state index in [4.69, 9.17) is 0 Å². The fourth-order valence-corrected chi connectivity index (χ4v) is 3.28. The second kappa shape index (κ2) is 7.32. The molecule has 0 aromatic heterocycles. The SMILES string of the molecule is CCC(C)N1CC(CC(C)(C)C)CC(NCC(F)(F)F)C1. The van der Waals surface area contributed by atoms with Gasteiger partial charge in [-0.2, -0.15) is 13.2 Å². The van der Waals surface area contributed by atoms with Gasteiger partial charge in [0.05, 0.1) is 6.54 Å². The highest BCUT2D eigenvalue weighted by Gasteiger charge is 2.34. The molecule has 1 heterocycles. The molecule has 0 saturated carbocycles. The van der Waals surface area contributed by atoms with Crippen LogP contribution in [0.5, 0.6) is 0 Å². The van der Waals surface area contributed by atoms with E-state index in [1.54, 1.807) is 0 Å². The van der Waals surface area contributed by atoms with Gasteiger partial charge in [0, 0.05) is 25.2 Å². The molecule has 0 amide bonds. The molecule has 1 aliphatic rings. The van der Waals surface area contributed by atoms with Crippen LogP contribution >= 0.6 is 0 Å². The summed E-state index contributed by atoms with van der Waals surface area (Å²) in [7, 11) is 0. The van der Waals surface area contributed by atoms with Crippen molar-refractivity contribution < 1.29 is 13.2 Å². The van der Waals surface area contributed by atoms with E-state index in [9.17, 15) is 13.2 Å². The van der Waals surface area contributed by atoms with E-state index in [0.717, 1.165) is 32.4 Å². The second-order valence-corrected chi connectivity index (χ2v) is 7.77. The fourth-order valence-electron chi connectivity index (χ4n) is 3.28. The van der Waals surface area contributed by atoms with Crippen LogP contribution < -0.4 is 5.32 Å². The van der Waals surface area contributed by atoms with Gasteiger partial charge in [-0.1, -0.05) is 27.7 Å². The topological polar surface area (TPSA) is 15.3 Å². The number of nitrogens with zero attached hydrogens (tertiary/aromatic N) is 1. The number of hydrogen-bond acceptors (Lipinski definition) is 2. The molecule has 3 atom stereocenters. The smallest absolute Gasteiger partial charge is 0.305 e. The van der Waals surface area contributed by atoms with Crippen LogP contribution in [0.15, 0.2) is 0 Å². The number of halogens is 3. The van der Waals surface area contributed by atoms with Crippen molar-refractivity contribution in [1.82, 2.24) is 10.2 Å². The minimum absolute atomic E-state index is 0.0540. The largest absolute Gasteiger partial charge is 0.401 e. The van der Waals surface area contributed by atoms with E-state index in [0.29, 0.717) is 12.0 Å². The fraction of sp³-hybridized carbons (Fsp3) is 1.00. The molecular formula is C16H31F3N2. The molecule has 5 heteroatoms. The minimum Gasteiger partial charge on any atom is -0.305 e. The van der Waals surface area contributed by atoms with Crippen LogP contribution in [-0.2, 0) is 0 Å². The molecule has 1 rings (SSSR count). The average molecular weight is 308 g/mol. The summed E-state index contributed by atoms with van der Waals surface area (Å²) >= 11 is 0. The molecule has 0 aromatic carbocycles. The molecule has 3 unspecified atom stereocenters. The predicted octanol–water partition coefficient (Wildman–Crippen LogP) is 4.06. The molecule has 0 radical (unpaired) electrons. The lowest BCUT2D eigenvalue weighted by Gasteiger charge is -2.43. The maximum absolute atomic E-state index is 12.4.